The van der Waals surface area contributed by atoms with Crippen LogP contribution in [0.2, 0.25) is 0 Å². The van der Waals surface area contributed by atoms with Crippen molar-refractivity contribution in [3.8, 4) is 11.5 Å². The summed E-state index contributed by atoms with van der Waals surface area (Å²) in [6, 6.07) is 18.7. The van der Waals surface area contributed by atoms with E-state index in [1.54, 1.807) is 36.1 Å². The van der Waals surface area contributed by atoms with E-state index in [0.717, 1.165) is 17.7 Å². The van der Waals surface area contributed by atoms with Gasteiger partial charge in [-0.25, -0.2) is 0 Å². The number of rotatable bonds is 9. The van der Waals surface area contributed by atoms with Gasteiger partial charge in [0.05, 0.1) is 23.1 Å². The number of thioether (sulfide) groups is 1. The summed E-state index contributed by atoms with van der Waals surface area (Å²) < 4.78 is 50.5. The number of alkyl halides is 3. The molecule has 1 heterocycles. The largest absolute Gasteiger partial charge is 0.490 e. The van der Waals surface area contributed by atoms with E-state index in [1.165, 1.54) is 23.9 Å². The van der Waals surface area contributed by atoms with Crippen LogP contribution in [-0.4, -0.2) is 34.2 Å². The standard InChI is InChI=1S/C29H25F3N2O4S2/c1-3-37-24-14-19(15-25-27(36)34(28(39)40-25)18(2)20-8-5-4-6-9-20)12-13-23(24)38-17-26(35)33-22-11-7-10-21(16-22)29(30,31)32/h4-16,18H,3,17H2,1-2H3,(H,33,35)/b25-15-/t18-/m1/s1. The lowest BCUT2D eigenvalue weighted by molar-refractivity contribution is -0.137. The molecule has 0 spiro atoms. The third-order valence-corrected chi connectivity index (χ3v) is 7.22. The highest BCUT2D eigenvalue weighted by Gasteiger charge is 2.36. The molecule has 2 amide bonds. The van der Waals surface area contributed by atoms with Gasteiger partial charge in [-0.2, -0.15) is 13.2 Å². The topological polar surface area (TPSA) is 67.9 Å². The van der Waals surface area contributed by atoms with Gasteiger partial charge in [0.1, 0.15) is 4.32 Å². The Kier molecular flexibility index (Phi) is 9.16. The highest BCUT2D eigenvalue weighted by atomic mass is 32.2. The van der Waals surface area contributed by atoms with Gasteiger partial charge in [0.15, 0.2) is 18.1 Å². The predicted octanol–water partition coefficient (Wildman–Crippen LogP) is 7.08. The zero-order valence-electron chi connectivity index (χ0n) is 21.5. The number of benzene rings is 3. The molecular weight excluding hydrogens is 561 g/mol. The first-order valence-corrected chi connectivity index (χ1v) is 13.5. The van der Waals surface area contributed by atoms with Crippen molar-refractivity contribution in [1.29, 1.82) is 0 Å². The monoisotopic (exact) mass is 586 g/mol. The Hall–Kier alpha value is -3.83. The van der Waals surface area contributed by atoms with Crippen molar-refractivity contribution in [1.82, 2.24) is 4.90 Å². The van der Waals surface area contributed by atoms with E-state index < -0.39 is 24.3 Å². The number of hydrogen-bond acceptors (Lipinski definition) is 6. The summed E-state index contributed by atoms with van der Waals surface area (Å²) in [7, 11) is 0. The van der Waals surface area contributed by atoms with Gasteiger partial charge in [0.25, 0.3) is 11.8 Å². The Bertz CT molecular complexity index is 1440. The Balaban J connectivity index is 1.45. The van der Waals surface area contributed by atoms with E-state index in [2.05, 4.69) is 5.32 Å². The van der Waals surface area contributed by atoms with Gasteiger partial charge < -0.3 is 14.8 Å². The molecule has 3 aromatic rings. The fraction of sp³-hybridized carbons (Fsp3) is 0.207. The summed E-state index contributed by atoms with van der Waals surface area (Å²) in [6.07, 6.45) is -2.81. The minimum atomic E-state index is -4.52. The summed E-state index contributed by atoms with van der Waals surface area (Å²) >= 11 is 6.71. The lowest BCUT2D eigenvalue weighted by atomic mass is 10.1. The molecule has 11 heteroatoms. The zero-order chi connectivity index (χ0) is 28.9. The van der Waals surface area contributed by atoms with Crippen LogP contribution in [-0.2, 0) is 15.8 Å². The summed E-state index contributed by atoms with van der Waals surface area (Å²) in [6.45, 7) is 3.57. The zero-order valence-corrected chi connectivity index (χ0v) is 23.2. The second kappa shape index (κ2) is 12.6. The quantitative estimate of drug-likeness (QED) is 0.213. The molecule has 0 unspecified atom stereocenters. The third-order valence-electron chi connectivity index (χ3n) is 5.89. The van der Waals surface area contributed by atoms with Crippen molar-refractivity contribution in [2.75, 3.05) is 18.5 Å². The van der Waals surface area contributed by atoms with Crippen molar-refractivity contribution in [3.63, 3.8) is 0 Å². The Labute approximate surface area is 239 Å². The number of nitrogens with zero attached hydrogens (tertiary/aromatic N) is 1. The van der Waals surface area contributed by atoms with E-state index in [4.69, 9.17) is 21.7 Å². The number of ether oxygens (including phenoxy) is 2. The number of hydrogen-bond donors (Lipinski definition) is 1. The van der Waals surface area contributed by atoms with E-state index in [-0.39, 0.29) is 23.4 Å². The third kappa shape index (κ3) is 7.02. The average molecular weight is 587 g/mol. The fourth-order valence-corrected chi connectivity index (χ4v) is 5.38. The number of carbonyl (C=O) groups is 2. The fourth-order valence-electron chi connectivity index (χ4n) is 3.96. The molecule has 1 aliphatic heterocycles. The maximum absolute atomic E-state index is 13.2. The molecule has 1 fully saturated rings. The van der Waals surface area contributed by atoms with Crippen molar-refractivity contribution < 1.29 is 32.2 Å². The summed E-state index contributed by atoms with van der Waals surface area (Å²) in [5.74, 6) is -0.224. The lowest BCUT2D eigenvalue weighted by Crippen LogP contribution is -2.30. The first kappa shape index (κ1) is 29.2. The van der Waals surface area contributed by atoms with Gasteiger partial charge in [0.2, 0.25) is 0 Å². The molecule has 1 N–H and O–H groups in total. The maximum atomic E-state index is 13.2. The highest BCUT2D eigenvalue weighted by Crippen LogP contribution is 2.39. The van der Waals surface area contributed by atoms with Crippen LogP contribution in [0.5, 0.6) is 11.5 Å². The van der Waals surface area contributed by atoms with Gasteiger partial charge in [0, 0.05) is 5.69 Å². The first-order chi connectivity index (χ1) is 19.1. The Morgan fingerprint density at radius 3 is 2.50 bits per heavy atom. The molecule has 1 aliphatic rings. The predicted molar refractivity (Wildman–Crippen MR) is 153 cm³/mol. The molecule has 4 rings (SSSR count). The SMILES string of the molecule is CCOc1cc(/C=C2\SC(=S)N([C@H](C)c3ccccc3)C2=O)ccc1OCC(=O)Nc1cccc(C(F)(F)F)c1. The van der Waals surface area contributed by atoms with E-state index in [1.807, 2.05) is 37.3 Å². The van der Waals surface area contributed by atoms with E-state index >= 15 is 0 Å². The van der Waals surface area contributed by atoms with Gasteiger partial charge in [-0.3, -0.25) is 14.5 Å². The molecule has 208 valence electrons. The van der Waals surface area contributed by atoms with Crippen LogP contribution in [0.25, 0.3) is 6.08 Å². The second-order valence-corrected chi connectivity index (χ2v) is 10.4. The second-order valence-electron chi connectivity index (χ2n) is 8.69. The summed E-state index contributed by atoms with van der Waals surface area (Å²) in [5, 5.41) is 2.40. The Morgan fingerprint density at radius 1 is 1.05 bits per heavy atom. The number of anilines is 1. The number of thiocarbonyl (C=S) groups is 1. The molecular formula is C29H25F3N2O4S2. The minimum absolute atomic E-state index is 0.00250. The minimum Gasteiger partial charge on any atom is -0.490 e. The van der Waals surface area contributed by atoms with Gasteiger partial charge in [-0.15, -0.1) is 0 Å². The summed E-state index contributed by atoms with van der Waals surface area (Å²) in [5.41, 5.74) is 0.768. The molecule has 0 aliphatic carbocycles. The molecule has 40 heavy (non-hydrogen) atoms. The molecule has 0 radical (unpaired) electrons. The Morgan fingerprint density at radius 2 is 1.80 bits per heavy atom. The smallest absolute Gasteiger partial charge is 0.416 e. The number of carbonyl (C=O) groups excluding carboxylic acids is 2. The van der Waals surface area contributed by atoms with Crippen LogP contribution >= 0.6 is 24.0 Å². The molecule has 0 aromatic heterocycles. The van der Waals surface area contributed by atoms with Crippen molar-refractivity contribution in [2.24, 2.45) is 0 Å². The highest BCUT2D eigenvalue weighted by molar-refractivity contribution is 8.26. The molecule has 3 aromatic carbocycles. The van der Waals surface area contributed by atoms with Gasteiger partial charge >= 0.3 is 6.18 Å². The maximum Gasteiger partial charge on any atom is 0.416 e. The van der Waals surface area contributed by atoms with E-state index in [9.17, 15) is 22.8 Å². The molecule has 1 saturated heterocycles. The molecule has 1 atom stereocenters. The van der Waals surface area contributed by atoms with Gasteiger partial charge in [-0.05, 0) is 61.4 Å². The molecule has 6 nitrogen and oxygen atoms in total. The van der Waals surface area contributed by atoms with Crippen LogP contribution in [0.4, 0.5) is 18.9 Å². The average Bonchev–Trinajstić information content (AvgIpc) is 3.20. The van der Waals surface area contributed by atoms with Crippen molar-refractivity contribution in [3.05, 3.63) is 94.4 Å². The van der Waals surface area contributed by atoms with Gasteiger partial charge in [-0.1, -0.05) is 66.4 Å². The van der Waals surface area contributed by atoms with Crippen molar-refractivity contribution >= 4 is 51.9 Å². The van der Waals surface area contributed by atoms with Crippen LogP contribution in [0.3, 0.4) is 0 Å². The van der Waals surface area contributed by atoms with E-state index in [0.29, 0.717) is 27.1 Å². The van der Waals surface area contributed by atoms with Crippen LogP contribution in [0.1, 0.15) is 36.6 Å². The lowest BCUT2D eigenvalue weighted by Gasteiger charge is -2.23. The summed E-state index contributed by atoms with van der Waals surface area (Å²) in [4.78, 5) is 27.6. The normalized spacial score (nSPS) is 15.3. The number of halogens is 3. The molecule has 0 bridgehead atoms. The van der Waals surface area contributed by atoms with Crippen LogP contribution < -0.4 is 14.8 Å². The molecule has 0 saturated carbocycles. The first-order valence-electron chi connectivity index (χ1n) is 12.3. The van der Waals surface area contributed by atoms with Crippen LogP contribution in [0, 0.1) is 0 Å². The van der Waals surface area contributed by atoms with Crippen molar-refractivity contribution in [2.45, 2.75) is 26.1 Å². The number of amides is 2. The van der Waals surface area contributed by atoms with Crippen LogP contribution in [0.15, 0.2) is 77.7 Å². The number of nitrogens with one attached hydrogen (secondary N) is 1.